The Hall–Kier alpha value is -2.50. The van der Waals surface area contributed by atoms with E-state index >= 15 is 0 Å². The van der Waals surface area contributed by atoms with E-state index in [1.807, 2.05) is 42.5 Å². The lowest BCUT2D eigenvalue weighted by Gasteiger charge is -2.25. The summed E-state index contributed by atoms with van der Waals surface area (Å²) >= 11 is 24.1. The highest BCUT2D eigenvalue weighted by atomic mass is 35.5. The van der Waals surface area contributed by atoms with Gasteiger partial charge in [0.25, 0.3) is 0 Å². The van der Waals surface area contributed by atoms with Gasteiger partial charge in [0.15, 0.2) is 4.33 Å². The first kappa shape index (κ1) is 24.1. The molecule has 1 aliphatic carbocycles. The molecular weight excluding hydrogens is 486 g/mol. The molecule has 0 amide bonds. The molecule has 0 heterocycles. The molecule has 0 bridgehead atoms. The fourth-order valence-corrected chi connectivity index (χ4v) is 3.80. The molecule has 166 valence electrons. The van der Waals surface area contributed by atoms with Crippen molar-refractivity contribution < 1.29 is 0 Å². The van der Waals surface area contributed by atoms with Crippen LogP contribution >= 0.6 is 46.4 Å². The predicted molar refractivity (Wildman–Crippen MR) is 141 cm³/mol. The number of benzene rings is 3. The summed E-state index contributed by atoms with van der Waals surface area (Å²) < 4.78 is -1.01. The molecule has 4 rings (SSSR count). The smallest absolute Gasteiger partial charge is 0.161 e. The average Bonchev–Trinajstić information content (AvgIpc) is 2.75. The SMILES string of the molecule is NC1=CC=C(c2ccc(N)cc2)CC1(Cl)Cl.Nc1ccc(-c2ccc(N)c(Cl)c2)cc1Cl. The Morgan fingerprint density at radius 1 is 0.625 bits per heavy atom. The third kappa shape index (κ3) is 5.84. The van der Waals surface area contributed by atoms with E-state index in [1.165, 1.54) is 0 Å². The Kier molecular flexibility index (Phi) is 7.52. The first-order valence-electron chi connectivity index (χ1n) is 9.58. The van der Waals surface area contributed by atoms with Gasteiger partial charge in [-0.1, -0.05) is 76.7 Å². The van der Waals surface area contributed by atoms with Crippen LogP contribution in [0, 0.1) is 0 Å². The zero-order valence-corrected chi connectivity index (χ0v) is 20.0. The largest absolute Gasteiger partial charge is 0.400 e. The van der Waals surface area contributed by atoms with Gasteiger partial charge in [-0.15, -0.1) is 0 Å². The second kappa shape index (κ2) is 9.97. The lowest BCUT2D eigenvalue weighted by molar-refractivity contribution is 0.892. The van der Waals surface area contributed by atoms with Crippen LogP contribution in [0.15, 0.2) is 78.5 Å². The highest BCUT2D eigenvalue weighted by molar-refractivity contribution is 6.51. The molecule has 0 radical (unpaired) electrons. The third-order valence-electron chi connectivity index (χ3n) is 4.91. The highest BCUT2D eigenvalue weighted by Crippen LogP contribution is 2.40. The molecule has 0 fully saturated rings. The Balaban J connectivity index is 0.000000181. The second-order valence-electron chi connectivity index (χ2n) is 7.29. The Morgan fingerprint density at radius 3 is 1.53 bits per heavy atom. The van der Waals surface area contributed by atoms with Gasteiger partial charge in [0.2, 0.25) is 0 Å². The van der Waals surface area contributed by atoms with Gasteiger partial charge in [0.1, 0.15) is 0 Å². The van der Waals surface area contributed by atoms with Crippen LogP contribution in [0.25, 0.3) is 16.7 Å². The van der Waals surface area contributed by atoms with Gasteiger partial charge < -0.3 is 22.9 Å². The Labute approximate surface area is 207 Å². The quantitative estimate of drug-likeness (QED) is 0.223. The van der Waals surface area contributed by atoms with Gasteiger partial charge in [0, 0.05) is 17.8 Å². The molecule has 32 heavy (non-hydrogen) atoms. The van der Waals surface area contributed by atoms with E-state index in [9.17, 15) is 0 Å². The summed E-state index contributed by atoms with van der Waals surface area (Å²) in [6, 6.07) is 18.5. The van der Waals surface area contributed by atoms with Crippen molar-refractivity contribution in [2.45, 2.75) is 10.8 Å². The molecule has 0 atom stereocenters. The third-order valence-corrected chi connectivity index (χ3v) is 6.27. The number of hydrogen-bond donors (Lipinski definition) is 4. The molecule has 8 heteroatoms. The average molecular weight is 508 g/mol. The summed E-state index contributed by atoms with van der Waals surface area (Å²) in [5.41, 5.74) is 29.0. The van der Waals surface area contributed by atoms with E-state index < -0.39 is 4.33 Å². The maximum Gasteiger partial charge on any atom is 0.161 e. The summed E-state index contributed by atoms with van der Waals surface area (Å²) in [7, 11) is 0. The summed E-state index contributed by atoms with van der Waals surface area (Å²) in [5.74, 6) is 0. The Morgan fingerprint density at radius 2 is 1.09 bits per heavy atom. The van der Waals surface area contributed by atoms with E-state index in [2.05, 4.69) is 0 Å². The number of allylic oxidation sites excluding steroid dienone is 4. The topological polar surface area (TPSA) is 104 Å². The van der Waals surface area contributed by atoms with Gasteiger partial charge in [-0.3, -0.25) is 0 Å². The number of halogens is 4. The number of nitrogen functional groups attached to an aromatic ring is 3. The molecule has 3 aromatic carbocycles. The van der Waals surface area contributed by atoms with Gasteiger partial charge in [-0.2, -0.15) is 0 Å². The molecule has 3 aromatic rings. The van der Waals surface area contributed by atoms with Crippen molar-refractivity contribution in [2.75, 3.05) is 17.2 Å². The van der Waals surface area contributed by atoms with Crippen LogP contribution in [0.1, 0.15) is 12.0 Å². The minimum atomic E-state index is -1.01. The van der Waals surface area contributed by atoms with Gasteiger partial charge >= 0.3 is 0 Å². The number of nitrogens with two attached hydrogens (primary N) is 4. The van der Waals surface area contributed by atoms with Crippen molar-refractivity contribution in [1.29, 1.82) is 0 Å². The number of alkyl halides is 2. The van der Waals surface area contributed by atoms with Gasteiger partial charge in [-0.25, -0.2) is 0 Å². The van der Waals surface area contributed by atoms with Crippen molar-refractivity contribution in [2.24, 2.45) is 5.73 Å². The van der Waals surface area contributed by atoms with E-state index in [1.54, 1.807) is 30.3 Å². The van der Waals surface area contributed by atoms with E-state index in [-0.39, 0.29) is 0 Å². The van der Waals surface area contributed by atoms with Crippen LogP contribution in [-0.2, 0) is 0 Å². The summed E-state index contributed by atoms with van der Waals surface area (Å²) in [5, 5.41) is 1.07. The fourth-order valence-electron chi connectivity index (χ4n) is 3.02. The Bertz CT molecular complexity index is 1140. The molecule has 0 saturated heterocycles. The van der Waals surface area contributed by atoms with Crippen LogP contribution in [0.5, 0.6) is 0 Å². The van der Waals surface area contributed by atoms with Crippen LogP contribution in [0.4, 0.5) is 17.1 Å². The minimum absolute atomic E-state index is 0.482. The fraction of sp³-hybridized carbons (Fsp3) is 0.0833. The molecule has 0 aromatic heterocycles. The predicted octanol–water partition coefficient (Wildman–Crippen LogP) is 6.90. The molecule has 0 unspecified atom stereocenters. The highest BCUT2D eigenvalue weighted by Gasteiger charge is 2.31. The van der Waals surface area contributed by atoms with Gasteiger partial charge in [-0.05, 0) is 64.7 Å². The number of rotatable bonds is 2. The lowest BCUT2D eigenvalue weighted by Crippen LogP contribution is -2.25. The van der Waals surface area contributed by atoms with Crippen molar-refractivity contribution in [3.05, 3.63) is 94.1 Å². The van der Waals surface area contributed by atoms with E-state index in [0.717, 1.165) is 28.0 Å². The molecule has 8 N–H and O–H groups in total. The normalized spacial score (nSPS) is 14.6. The van der Waals surface area contributed by atoms with Crippen molar-refractivity contribution >= 4 is 69.0 Å². The first-order valence-corrected chi connectivity index (χ1v) is 11.1. The molecular formula is C24H22Cl4N4. The molecule has 1 aliphatic rings. The van der Waals surface area contributed by atoms with Crippen LogP contribution in [0.3, 0.4) is 0 Å². The maximum atomic E-state index is 6.11. The zero-order valence-electron chi connectivity index (χ0n) is 17.0. The summed E-state index contributed by atoms with van der Waals surface area (Å²) in [6.07, 6.45) is 4.18. The molecule has 0 saturated carbocycles. The maximum absolute atomic E-state index is 6.11. The molecule has 4 nitrogen and oxygen atoms in total. The summed E-state index contributed by atoms with van der Waals surface area (Å²) in [4.78, 5) is 0. The van der Waals surface area contributed by atoms with Crippen LogP contribution in [-0.4, -0.2) is 4.33 Å². The van der Waals surface area contributed by atoms with Crippen molar-refractivity contribution in [1.82, 2.24) is 0 Å². The van der Waals surface area contributed by atoms with Crippen molar-refractivity contribution in [3.63, 3.8) is 0 Å². The minimum Gasteiger partial charge on any atom is -0.400 e. The zero-order chi connectivity index (χ0) is 23.5. The number of anilines is 3. The monoisotopic (exact) mass is 506 g/mol. The van der Waals surface area contributed by atoms with Gasteiger partial charge in [0.05, 0.1) is 21.4 Å². The molecule has 0 aliphatic heterocycles. The standard InChI is InChI=1S/C12H12Cl2N2.C12H10Cl2N2/c13-12(14)7-9(3-6-11(12)16)8-1-4-10(15)5-2-8;13-9-5-7(1-3-11(9)15)8-2-4-12(16)10(14)6-8/h1-6H,7,15-16H2;1-6H,15-16H2. The number of hydrogen-bond acceptors (Lipinski definition) is 4. The molecule has 0 spiro atoms. The summed E-state index contributed by atoms with van der Waals surface area (Å²) in [6.45, 7) is 0. The van der Waals surface area contributed by atoms with Crippen molar-refractivity contribution in [3.8, 4) is 11.1 Å². The first-order chi connectivity index (χ1) is 15.1. The second-order valence-corrected chi connectivity index (χ2v) is 9.59. The van der Waals surface area contributed by atoms with E-state index in [0.29, 0.717) is 33.5 Å². The van der Waals surface area contributed by atoms with Crippen LogP contribution in [0.2, 0.25) is 10.0 Å². The van der Waals surface area contributed by atoms with E-state index in [4.69, 9.17) is 69.3 Å². The lowest BCUT2D eigenvalue weighted by atomic mass is 9.95. The van der Waals surface area contributed by atoms with Crippen LogP contribution < -0.4 is 22.9 Å².